The summed E-state index contributed by atoms with van der Waals surface area (Å²) in [5.41, 5.74) is 10.1. The van der Waals surface area contributed by atoms with E-state index in [4.69, 9.17) is 4.74 Å². The Hall–Kier alpha value is -6.68. The van der Waals surface area contributed by atoms with Crippen molar-refractivity contribution in [1.29, 1.82) is 0 Å². The van der Waals surface area contributed by atoms with Crippen molar-refractivity contribution in [1.82, 2.24) is 0 Å². The lowest BCUT2D eigenvalue weighted by Gasteiger charge is -2.45. The average molecular weight is 706 g/mol. The van der Waals surface area contributed by atoms with Crippen LogP contribution in [-0.4, -0.2) is 0 Å². The van der Waals surface area contributed by atoms with Gasteiger partial charge in [-0.1, -0.05) is 133 Å². The molecule has 1 aliphatic carbocycles. The van der Waals surface area contributed by atoms with Crippen molar-refractivity contribution in [2.75, 3.05) is 4.90 Å². The Kier molecular flexibility index (Phi) is 6.17. The highest BCUT2D eigenvalue weighted by Gasteiger charge is 2.49. The van der Waals surface area contributed by atoms with Crippen LogP contribution in [0.3, 0.4) is 0 Å². The maximum absolute atomic E-state index is 6.88. The molecule has 2 nitrogen and oxygen atoms in total. The third-order valence-corrected chi connectivity index (χ3v) is 12.8. The second kappa shape index (κ2) is 11.2. The predicted octanol–water partition coefficient (Wildman–Crippen LogP) is 14.3. The number of ether oxygens (including phenoxy) is 1. The van der Waals surface area contributed by atoms with Crippen LogP contribution in [0.1, 0.15) is 22.3 Å². The first-order chi connectivity index (χ1) is 26.8. The van der Waals surface area contributed by atoms with Gasteiger partial charge in [0, 0.05) is 48.4 Å². The van der Waals surface area contributed by atoms with Gasteiger partial charge in [-0.15, -0.1) is 11.3 Å². The third-order valence-electron chi connectivity index (χ3n) is 11.7. The minimum Gasteiger partial charge on any atom is -0.457 e. The molecular weight excluding hydrogens is 675 g/mol. The number of fused-ring (bicyclic) bond motifs is 12. The quantitative estimate of drug-likeness (QED) is 0.181. The maximum Gasteiger partial charge on any atom is 0.132 e. The van der Waals surface area contributed by atoms with Gasteiger partial charge in [-0.2, -0.15) is 0 Å². The average Bonchev–Trinajstić information content (AvgIpc) is 3.60. The van der Waals surface area contributed by atoms with Gasteiger partial charge in [0.15, 0.2) is 0 Å². The Labute approximate surface area is 316 Å². The second-order valence-corrected chi connectivity index (χ2v) is 15.5. The molecule has 10 aromatic rings. The Morgan fingerprint density at radius 2 is 1.02 bits per heavy atom. The minimum atomic E-state index is -0.616. The Morgan fingerprint density at radius 3 is 1.96 bits per heavy atom. The largest absolute Gasteiger partial charge is 0.457 e. The highest BCUT2D eigenvalue weighted by molar-refractivity contribution is 7.25. The monoisotopic (exact) mass is 705 g/mol. The van der Waals surface area contributed by atoms with Crippen LogP contribution in [0.15, 0.2) is 188 Å². The summed E-state index contributed by atoms with van der Waals surface area (Å²) in [6, 6.07) is 69.1. The van der Waals surface area contributed by atoms with Gasteiger partial charge in [-0.05, 0) is 98.4 Å². The number of nitrogens with zero attached hydrogens (tertiary/aromatic N) is 1. The van der Waals surface area contributed by atoms with Crippen molar-refractivity contribution in [3.8, 4) is 22.6 Å². The molecule has 1 aliphatic heterocycles. The molecule has 3 heteroatoms. The van der Waals surface area contributed by atoms with Crippen LogP contribution in [-0.2, 0) is 5.41 Å². The van der Waals surface area contributed by atoms with Crippen LogP contribution < -0.4 is 9.64 Å². The van der Waals surface area contributed by atoms with Crippen molar-refractivity contribution in [3.63, 3.8) is 0 Å². The molecule has 0 bridgehead atoms. The first kappa shape index (κ1) is 29.9. The Bertz CT molecular complexity index is 3170. The number of hydrogen-bond acceptors (Lipinski definition) is 3. The summed E-state index contributed by atoms with van der Waals surface area (Å²) in [6.07, 6.45) is 0. The fourth-order valence-corrected chi connectivity index (χ4v) is 10.6. The molecule has 0 radical (unpaired) electrons. The van der Waals surface area contributed by atoms with Crippen molar-refractivity contribution < 1.29 is 4.74 Å². The summed E-state index contributed by atoms with van der Waals surface area (Å²) in [5.74, 6) is 1.77. The smallest absolute Gasteiger partial charge is 0.132 e. The van der Waals surface area contributed by atoms with E-state index in [2.05, 4.69) is 193 Å². The molecule has 0 fully saturated rings. The molecule has 2 aliphatic rings. The van der Waals surface area contributed by atoms with Gasteiger partial charge < -0.3 is 9.64 Å². The van der Waals surface area contributed by atoms with E-state index in [0.717, 1.165) is 39.7 Å². The number of rotatable bonds is 3. The predicted molar refractivity (Wildman–Crippen MR) is 226 cm³/mol. The van der Waals surface area contributed by atoms with E-state index in [1.807, 2.05) is 11.3 Å². The zero-order chi connectivity index (χ0) is 35.4. The van der Waals surface area contributed by atoms with Crippen molar-refractivity contribution in [2.24, 2.45) is 0 Å². The Balaban J connectivity index is 1.17. The van der Waals surface area contributed by atoms with Crippen LogP contribution in [0.5, 0.6) is 11.5 Å². The number of para-hydroxylation sites is 1. The molecule has 1 atom stereocenters. The normalized spacial score (nSPS) is 15.3. The highest BCUT2D eigenvalue weighted by atomic mass is 32.1. The van der Waals surface area contributed by atoms with Gasteiger partial charge in [0.05, 0.1) is 5.41 Å². The molecule has 0 saturated heterocycles. The first-order valence-corrected chi connectivity index (χ1v) is 19.3. The van der Waals surface area contributed by atoms with Gasteiger partial charge in [0.1, 0.15) is 11.5 Å². The molecule has 1 spiro atoms. The van der Waals surface area contributed by atoms with E-state index in [-0.39, 0.29) is 0 Å². The van der Waals surface area contributed by atoms with E-state index in [0.29, 0.717) is 0 Å². The fourth-order valence-electron chi connectivity index (χ4n) is 9.43. The summed E-state index contributed by atoms with van der Waals surface area (Å²) < 4.78 is 9.46. The summed E-state index contributed by atoms with van der Waals surface area (Å²) in [5, 5.41) is 7.57. The van der Waals surface area contributed by atoms with Crippen LogP contribution in [0.4, 0.5) is 17.1 Å². The van der Waals surface area contributed by atoms with Crippen LogP contribution >= 0.6 is 11.3 Å². The molecular formula is C51H31NOS. The SMILES string of the molecule is c1ccc2c(c1)Oc1ccc(N(c3ccc4ccccc4c3)c3ccc4c(c3)sc3ccccc34)cc1C21c2ccccc2-c2cccc3cccc1c23. The molecule has 54 heavy (non-hydrogen) atoms. The van der Waals surface area contributed by atoms with Crippen LogP contribution in [0.2, 0.25) is 0 Å². The van der Waals surface area contributed by atoms with Gasteiger partial charge in [-0.25, -0.2) is 0 Å². The van der Waals surface area contributed by atoms with E-state index < -0.39 is 5.41 Å². The first-order valence-electron chi connectivity index (χ1n) is 18.5. The molecule has 0 amide bonds. The molecule has 252 valence electrons. The van der Waals surface area contributed by atoms with E-state index in [1.54, 1.807) is 0 Å². The Morgan fingerprint density at radius 1 is 0.389 bits per heavy atom. The molecule has 1 aromatic heterocycles. The van der Waals surface area contributed by atoms with Crippen LogP contribution in [0.25, 0.3) is 52.8 Å². The summed E-state index contributed by atoms with van der Waals surface area (Å²) >= 11 is 1.86. The number of thiophene rings is 1. The molecule has 1 unspecified atom stereocenters. The van der Waals surface area contributed by atoms with E-state index in [1.165, 1.54) is 64.0 Å². The van der Waals surface area contributed by atoms with Crippen molar-refractivity contribution >= 4 is 70.1 Å². The van der Waals surface area contributed by atoms with Gasteiger partial charge in [0.25, 0.3) is 0 Å². The summed E-state index contributed by atoms with van der Waals surface area (Å²) in [4.78, 5) is 2.42. The van der Waals surface area contributed by atoms with E-state index in [9.17, 15) is 0 Å². The summed E-state index contributed by atoms with van der Waals surface area (Å²) in [6.45, 7) is 0. The number of anilines is 3. The molecule has 2 heterocycles. The third kappa shape index (κ3) is 4.05. The molecule has 9 aromatic carbocycles. The lowest BCUT2D eigenvalue weighted by atomic mass is 9.58. The lowest BCUT2D eigenvalue weighted by molar-refractivity contribution is 0.435. The summed E-state index contributed by atoms with van der Waals surface area (Å²) in [7, 11) is 0. The van der Waals surface area contributed by atoms with E-state index >= 15 is 0 Å². The van der Waals surface area contributed by atoms with Crippen LogP contribution in [0, 0.1) is 0 Å². The highest BCUT2D eigenvalue weighted by Crippen LogP contribution is 2.61. The van der Waals surface area contributed by atoms with Gasteiger partial charge >= 0.3 is 0 Å². The second-order valence-electron chi connectivity index (χ2n) is 14.4. The van der Waals surface area contributed by atoms with Crippen molar-refractivity contribution in [3.05, 3.63) is 210 Å². The maximum atomic E-state index is 6.88. The molecule has 12 rings (SSSR count). The fraction of sp³-hybridized carbons (Fsp3) is 0.0196. The van der Waals surface area contributed by atoms with Crippen molar-refractivity contribution in [2.45, 2.75) is 5.41 Å². The number of benzene rings is 9. The van der Waals surface area contributed by atoms with Gasteiger partial charge in [0.2, 0.25) is 0 Å². The minimum absolute atomic E-state index is 0.616. The lowest BCUT2D eigenvalue weighted by Crippen LogP contribution is -2.36. The standard InChI is InChI=1S/C51H31NOS/c1-2-12-34-29-35(24-23-32(34)11-1)52(37-25-27-40-39-16-4-8-22-48(39)54-49(40)31-37)36-26-28-47-45(30-36)51(43-19-6-7-21-46(43)53-47)42-18-5-3-15-38(42)41-17-9-13-33-14-10-20-44(51)50(33)41/h1-31H. The zero-order valence-corrected chi connectivity index (χ0v) is 30.0. The zero-order valence-electron chi connectivity index (χ0n) is 29.2. The number of hydrogen-bond donors (Lipinski definition) is 0. The topological polar surface area (TPSA) is 12.5 Å². The molecule has 0 N–H and O–H groups in total. The molecule has 0 saturated carbocycles. The van der Waals surface area contributed by atoms with Gasteiger partial charge in [-0.3, -0.25) is 0 Å².